The second-order valence-corrected chi connectivity index (χ2v) is 3.63. The monoisotopic (exact) mass is 209 g/mol. The van der Waals surface area contributed by atoms with Crippen LogP contribution in [0.25, 0.3) is 11.0 Å². The summed E-state index contributed by atoms with van der Waals surface area (Å²) in [5.74, 6) is -0.863. The van der Waals surface area contributed by atoms with E-state index in [-0.39, 0.29) is 5.75 Å². The molecule has 5 heteroatoms. The number of carboxylic acids is 1. The largest absolute Gasteiger partial charge is 0.481 e. The topological polar surface area (TPSA) is 63.3 Å². The summed E-state index contributed by atoms with van der Waals surface area (Å²) >= 11 is 1.16. The number of fused-ring (bicyclic) bond motifs is 1. The quantitative estimate of drug-likeness (QED) is 0.783. The lowest BCUT2D eigenvalue weighted by Crippen LogP contribution is -1.97. The van der Waals surface area contributed by atoms with Crippen molar-refractivity contribution in [3.05, 3.63) is 24.3 Å². The number of aliphatic carboxylic acids is 1. The van der Waals surface area contributed by atoms with E-state index in [9.17, 15) is 4.79 Å². The standard InChI is InChI=1S/C9H7NO3S/c11-8(12)5-14-9-6-3-1-2-4-7(6)13-10-9/h1-4H,5H2,(H,11,12). The predicted molar refractivity (Wildman–Crippen MR) is 52.4 cm³/mol. The number of nitrogens with zero attached hydrogens (tertiary/aromatic N) is 1. The Kier molecular flexibility index (Phi) is 2.41. The normalized spacial score (nSPS) is 10.6. The second kappa shape index (κ2) is 3.71. The first-order valence-corrected chi connectivity index (χ1v) is 4.95. The molecule has 1 aromatic carbocycles. The Morgan fingerprint density at radius 3 is 3.07 bits per heavy atom. The molecule has 0 aliphatic carbocycles. The SMILES string of the molecule is O=C(O)CSc1noc2ccccc12. The summed E-state index contributed by atoms with van der Waals surface area (Å²) in [6.45, 7) is 0. The van der Waals surface area contributed by atoms with Gasteiger partial charge in [0.2, 0.25) is 0 Å². The van der Waals surface area contributed by atoms with E-state index in [4.69, 9.17) is 9.63 Å². The zero-order chi connectivity index (χ0) is 9.97. The average molecular weight is 209 g/mol. The van der Waals surface area contributed by atoms with Gasteiger partial charge in [-0.15, -0.1) is 0 Å². The number of carbonyl (C=O) groups is 1. The van der Waals surface area contributed by atoms with Crippen LogP contribution in [-0.2, 0) is 4.79 Å². The van der Waals surface area contributed by atoms with Crippen LogP contribution >= 0.6 is 11.8 Å². The summed E-state index contributed by atoms with van der Waals surface area (Å²) < 4.78 is 5.02. The molecule has 0 amide bonds. The Hall–Kier alpha value is -1.49. The molecule has 0 unspecified atom stereocenters. The van der Waals surface area contributed by atoms with E-state index in [1.54, 1.807) is 6.07 Å². The highest BCUT2D eigenvalue weighted by atomic mass is 32.2. The minimum Gasteiger partial charge on any atom is -0.481 e. The van der Waals surface area contributed by atoms with Gasteiger partial charge in [0.1, 0.15) is 5.03 Å². The number of carboxylic acid groups (broad SMARTS) is 1. The van der Waals surface area contributed by atoms with Crippen molar-refractivity contribution in [1.29, 1.82) is 0 Å². The molecule has 0 aliphatic rings. The van der Waals surface area contributed by atoms with Gasteiger partial charge in [-0.1, -0.05) is 29.1 Å². The van der Waals surface area contributed by atoms with Gasteiger partial charge in [-0.3, -0.25) is 4.79 Å². The molecule has 0 fully saturated rings. The van der Waals surface area contributed by atoms with Gasteiger partial charge in [0.15, 0.2) is 5.58 Å². The fourth-order valence-electron chi connectivity index (χ4n) is 1.10. The van der Waals surface area contributed by atoms with Crippen molar-refractivity contribution in [3.8, 4) is 0 Å². The molecular formula is C9H7NO3S. The second-order valence-electron chi connectivity index (χ2n) is 2.67. The minimum absolute atomic E-state index is 0.00344. The molecular weight excluding hydrogens is 202 g/mol. The predicted octanol–water partition coefficient (Wildman–Crippen LogP) is 2.00. The van der Waals surface area contributed by atoms with E-state index in [2.05, 4.69) is 5.16 Å². The summed E-state index contributed by atoms with van der Waals surface area (Å²) in [5.41, 5.74) is 0.681. The number of para-hydroxylation sites is 1. The van der Waals surface area contributed by atoms with E-state index in [1.807, 2.05) is 18.2 Å². The maximum Gasteiger partial charge on any atom is 0.313 e. The van der Waals surface area contributed by atoms with Gasteiger partial charge in [-0.05, 0) is 12.1 Å². The molecule has 0 saturated heterocycles. The lowest BCUT2D eigenvalue weighted by molar-refractivity contribution is -0.133. The number of rotatable bonds is 3. The molecule has 1 N–H and O–H groups in total. The van der Waals surface area contributed by atoms with Crippen LogP contribution in [0.5, 0.6) is 0 Å². The van der Waals surface area contributed by atoms with E-state index < -0.39 is 5.97 Å². The Labute approximate surface area is 83.9 Å². The lowest BCUT2D eigenvalue weighted by Gasteiger charge is -1.91. The van der Waals surface area contributed by atoms with Crippen molar-refractivity contribution in [2.45, 2.75) is 5.03 Å². The number of thioether (sulfide) groups is 1. The maximum atomic E-state index is 10.4. The van der Waals surface area contributed by atoms with Crippen molar-refractivity contribution in [2.75, 3.05) is 5.75 Å². The summed E-state index contributed by atoms with van der Waals surface area (Å²) in [4.78, 5) is 10.4. The number of hydrogen-bond acceptors (Lipinski definition) is 4. The van der Waals surface area contributed by atoms with Crippen LogP contribution in [-0.4, -0.2) is 22.0 Å². The van der Waals surface area contributed by atoms with Crippen molar-refractivity contribution in [2.24, 2.45) is 0 Å². The highest BCUT2D eigenvalue weighted by molar-refractivity contribution is 8.00. The minimum atomic E-state index is -0.859. The van der Waals surface area contributed by atoms with Gasteiger partial charge in [0, 0.05) is 0 Å². The van der Waals surface area contributed by atoms with Crippen molar-refractivity contribution >= 4 is 28.7 Å². The van der Waals surface area contributed by atoms with Crippen LogP contribution in [0.2, 0.25) is 0 Å². The van der Waals surface area contributed by atoms with Crippen molar-refractivity contribution < 1.29 is 14.4 Å². The van der Waals surface area contributed by atoms with Crippen LogP contribution < -0.4 is 0 Å². The number of hydrogen-bond donors (Lipinski definition) is 1. The average Bonchev–Trinajstić information content (AvgIpc) is 2.58. The third-order valence-electron chi connectivity index (χ3n) is 1.68. The molecule has 0 atom stereocenters. The first-order chi connectivity index (χ1) is 6.77. The third-order valence-corrected chi connectivity index (χ3v) is 2.64. The van der Waals surface area contributed by atoms with Crippen molar-refractivity contribution in [1.82, 2.24) is 5.16 Å². The smallest absolute Gasteiger partial charge is 0.313 e. The first kappa shape index (κ1) is 9.08. The van der Waals surface area contributed by atoms with Crippen LogP contribution in [0.15, 0.2) is 33.8 Å². The summed E-state index contributed by atoms with van der Waals surface area (Å²) in [6.07, 6.45) is 0. The van der Waals surface area contributed by atoms with Crippen LogP contribution in [0.1, 0.15) is 0 Å². The lowest BCUT2D eigenvalue weighted by atomic mass is 10.3. The van der Waals surface area contributed by atoms with Crippen LogP contribution in [0.4, 0.5) is 0 Å². The van der Waals surface area contributed by atoms with E-state index >= 15 is 0 Å². The van der Waals surface area contributed by atoms with Gasteiger partial charge in [0.25, 0.3) is 0 Å². The Balaban J connectivity index is 2.29. The van der Waals surface area contributed by atoms with Crippen molar-refractivity contribution in [3.63, 3.8) is 0 Å². The molecule has 0 radical (unpaired) electrons. The fourth-order valence-corrected chi connectivity index (χ4v) is 1.77. The van der Waals surface area contributed by atoms with Gasteiger partial charge in [-0.25, -0.2) is 0 Å². The van der Waals surface area contributed by atoms with Gasteiger partial charge >= 0.3 is 5.97 Å². The third kappa shape index (κ3) is 1.72. The molecule has 1 aromatic heterocycles. The molecule has 2 rings (SSSR count). The molecule has 14 heavy (non-hydrogen) atoms. The van der Waals surface area contributed by atoms with E-state index in [0.29, 0.717) is 10.6 Å². The Bertz CT molecular complexity index is 466. The Morgan fingerprint density at radius 2 is 2.29 bits per heavy atom. The number of benzene rings is 1. The Morgan fingerprint density at radius 1 is 1.50 bits per heavy atom. The molecule has 4 nitrogen and oxygen atoms in total. The molecule has 0 saturated carbocycles. The fraction of sp³-hybridized carbons (Fsp3) is 0.111. The molecule has 2 aromatic rings. The van der Waals surface area contributed by atoms with Gasteiger partial charge in [0.05, 0.1) is 11.1 Å². The molecule has 0 aliphatic heterocycles. The van der Waals surface area contributed by atoms with E-state index in [0.717, 1.165) is 17.1 Å². The molecule has 0 bridgehead atoms. The summed E-state index contributed by atoms with van der Waals surface area (Å²) in [7, 11) is 0. The zero-order valence-corrected chi connectivity index (χ0v) is 7.95. The maximum absolute atomic E-state index is 10.4. The van der Waals surface area contributed by atoms with Crippen LogP contribution in [0, 0.1) is 0 Å². The summed E-state index contributed by atoms with van der Waals surface area (Å²) in [5, 5.41) is 13.8. The number of aromatic nitrogens is 1. The highest BCUT2D eigenvalue weighted by Gasteiger charge is 2.09. The molecule has 0 spiro atoms. The first-order valence-electron chi connectivity index (χ1n) is 3.96. The van der Waals surface area contributed by atoms with Crippen LogP contribution in [0.3, 0.4) is 0 Å². The molecule has 72 valence electrons. The molecule has 1 heterocycles. The zero-order valence-electron chi connectivity index (χ0n) is 7.14. The van der Waals surface area contributed by atoms with Gasteiger partial charge in [-0.2, -0.15) is 0 Å². The summed E-state index contributed by atoms with van der Waals surface area (Å²) in [6, 6.07) is 7.37. The van der Waals surface area contributed by atoms with E-state index in [1.165, 1.54) is 0 Å². The highest BCUT2D eigenvalue weighted by Crippen LogP contribution is 2.26. The van der Waals surface area contributed by atoms with Gasteiger partial charge < -0.3 is 9.63 Å².